The van der Waals surface area contributed by atoms with Crippen LogP contribution in [-0.4, -0.2) is 19.1 Å². The molecule has 0 spiro atoms. The van der Waals surface area contributed by atoms with E-state index in [1.54, 1.807) is 6.07 Å². The number of halogens is 1. The first kappa shape index (κ1) is 14.6. The van der Waals surface area contributed by atoms with Crippen molar-refractivity contribution in [3.63, 3.8) is 0 Å². The van der Waals surface area contributed by atoms with Crippen LogP contribution < -0.4 is 5.32 Å². The summed E-state index contributed by atoms with van der Waals surface area (Å²) in [5.74, 6) is -0.470. The van der Waals surface area contributed by atoms with E-state index in [2.05, 4.69) is 5.32 Å². The maximum absolute atomic E-state index is 13.1. The molecule has 0 amide bonds. The summed E-state index contributed by atoms with van der Waals surface area (Å²) in [5.41, 5.74) is 0.810. The van der Waals surface area contributed by atoms with E-state index < -0.39 is 6.04 Å². The highest BCUT2D eigenvalue weighted by Crippen LogP contribution is 2.16. The van der Waals surface area contributed by atoms with E-state index in [1.807, 2.05) is 26.8 Å². The molecular weight excluding hydrogens is 233 g/mol. The van der Waals surface area contributed by atoms with Gasteiger partial charge in [-0.2, -0.15) is 0 Å². The smallest absolute Gasteiger partial charge is 0.323 e. The second kappa shape index (κ2) is 6.50. The molecule has 0 aromatic heterocycles. The highest BCUT2D eigenvalue weighted by molar-refractivity contribution is 5.76. The van der Waals surface area contributed by atoms with Gasteiger partial charge in [0.25, 0.3) is 0 Å². The van der Waals surface area contributed by atoms with E-state index in [-0.39, 0.29) is 23.7 Å². The average Bonchev–Trinajstić information content (AvgIpc) is 2.34. The number of esters is 1. The van der Waals surface area contributed by atoms with Gasteiger partial charge in [-0.3, -0.25) is 10.1 Å². The number of carbonyl (C=O) groups excluding carboxylic acids is 1. The van der Waals surface area contributed by atoms with Gasteiger partial charge in [0.1, 0.15) is 11.9 Å². The van der Waals surface area contributed by atoms with Crippen molar-refractivity contribution >= 4 is 5.97 Å². The van der Waals surface area contributed by atoms with Crippen LogP contribution in [0.2, 0.25) is 0 Å². The maximum atomic E-state index is 13.1. The Morgan fingerprint density at radius 2 is 2.00 bits per heavy atom. The van der Waals surface area contributed by atoms with E-state index in [9.17, 15) is 9.18 Å². The Morgan fingerprint density at radius 1 is 1.33 bits per heavy atom. The lowest BCUT2D eigenvalue weighted by atomic mass is 10.0. The number of ether oxygens (including phenoxy) is 1. The van der Waals surface area contributed by atoms with Crippen LogP contribution in [0.25, 0.3) is 0 Å². The van der Waals surface area contributed by atoms with Crippen LogP contribution in [0.5, 0.6) is 0 Å². The molecule has 4 heteroatoms. The van der Waals surface area contributed by atoms with E-state index in [0.717, 1.165) is 5.56 Å². The second-order valence-corrected chi connectivity index (χ2v) is 4.69. The first-order valence-corrected chi connectivity index (χ1v) is 6.05. The Bertz CT molecular complexity index is 407. The van der Waals surface area contributed by atoms with Gasteiger partial charge in [-0.25, -0.2) is 4.39 Å². The molecule has 100 valence electrons. The van der Waals surface area contributed by atoms with Crippen molar-refractivity contribution in [2.75, 3.05) is 7.11 Å². The first-order valence-electron chi connectivity index (χ1n) is 6.05. The zero-order valence-corrected chi connectivity index (χ0v) is 11.2. The molecule has 0 fully saturated rings. The third kappa shape index (κ3) is 3.81. The van der Waals surface area contributed by atoms with Gasteiger partial charge >= 0.3 is 5.97 Å². The highest BCUT2D eigenvalue weighted by Gasteiger charge is 2.24. The molecule has 0 saturated carbocycles. The lowest BCUT2D eigenvalue weighted by molar-refractivity contribution is -0.144. The van der Waals surface area contributed by atoms with E-state index in [0.29, 0.717) is 0 Å². The van der Waals surface area contributed by atoms with Crippen LogP contribution in [0.4, 0.5) is 4.39 Å². The Kier molecular flexibility index (Phi) is 5.28. The van der Waals surface area contributed by atoms with Gasteiger partial charge in [0.05, 0.1) is 7.11 Å². The predicted octanol–water partition coefficient (Wildman–Crippen LogP) is 2.67. The minimum absolute atomic E-state index is 0.105. The number of hydrogen-bond donors (Lipinski definition) is 1. The van der Waals surface area contributed by atoms with Crippen LogP contribution >= 0.6 is 0 Å². The van der Waals surface area contributed by atoms with Crippen molar-refractivity contribution < 1.29 is 13.9 Å². The molecule has 1 aromatic carbocycles. The zero-order valence-electron chi connectivity index (χ0n) is 11.2. The number of methoxy groups -OCH3 is 1. The minimum Gasteiger partial charge on any atom is -0.468 e. The van der Waals surface area contributed by atoms with Crippen molar-refractivity contribution in [3.8, 4) is 0 Å². The van der Waals surface area contributed by atoms with Gasteiger partial charge < -0.3 is 4.74 Å². The highest BCUT2D eigenvalue weighted by atomic mass is 19.1. The summed E-state index contributed by atoms with van der Waals surface area (Å²) in [6.45, 7) is 5.77. The first-order chi connectivity index (χ1) is 8.45. The second-order valence-electron chi connectivity index (χ2n) is 4.69. The lowest BCUT2D eigenvalue weighted by Gasteiger charge is -2.24. The SMILES string of the molecule is COC(=O)[C@@H](NC(C)c1cccc(F)c1)C(C)C. The molecule has 1 unspecified atom stereocenters. The third-order valence-corrected chi connectivity index (χ3v) is 2.90. The number of benzene rings is 1. The van der Waals surface area contributed by atoms with Gasteiger partial charge in [0.15, 0.2) is 0 Å². The molecule has 0 bridgehead atoms. The molecule has 3 nitrogen and oxygen atoms in total. The number of carbonyl (C=O) groups is 1. The van der Waals surface area contributed by atoms with Crippen molar-refractivity contribution in [1.29, 1.82) is 0 Å². The predicted molar refractivity (Wildman–Crippen MR) is 68.6 cm³/mol. The Labute approximate surface area is 107 Å². The topological polar surface area (TPSA) is 38.3 Å². The quantitative estimate of drug-likeness (QED) is 0.820. The van der Waals surface area contributed by atoms with E-state index >= 15 is 0 Å². The van der Waals surface area contributed by atoms with Crippen LogP contribution in [0.1, 0.15) is 32.4 Å². The molecule has 1 aromatic rings. The monoisotopic (exact) mass is 253 g/mol. The summed E-state index contributed by atoms with van der Waals surface area (Å²) in [5, 5.41) is 3.17. The normalized spacial score (nSPS) is 14.3. The van der Waals surface area contributed by atoms with Gasteiger partial charge in [-0.1, -0.05) is 26.0 Å². The number of rotatable bonds is 5. The van der Waals surface area contributed by atoms with Crippen molar-refractivity contribution in [3.05, 3.63) is 35.6 Å². The molecule has 0 saturated heterocycles. The van der Waals surface area contributed by atoms with Crippen LogP contribution in [-0.2, 0) is 9.53 Å². The zero-order chi connectivity index (χ0) is 13.7. The fourth-order valence-corrected chi connectivity index (χ4v) is 1.80. The summed E-state index contributed by atoms with van der Waals surface area (Å²) in [6, 6.07) is 5.84. The largest absolute Gasteiger partial charge is 0.468 e. The van der Waals surface area contributed by atoms with Gasteiger partial charge in [-0.05, 0) is 30.5 Å². The fraction of sp³-hybridized carbons (Fsp3) is 0.500. The summed E-state index contributed by atoms with van der Waals surface area (Å²) in [4.78, 5) is 11.6. The van der Waals surface area contributed by atoms with Crippen LogP contribution in [0.15, 0.2) is 24.3 Å². The molecule has 0 aliphatic heterocycles. The van der Waals surface area contributed by atoms with Crippen molar-refractivity contribution in [1.82, 2.24) is 5.32 Å². The summed E-state index contributed by atoms with van der Waals surface area (Å²) in [7, 11) is 1.37. The molecule has 0 heterocycles. The summed E-state index contributed by atoms with van der Waals surface area (Å²) in [6.07, 6.45) is 0. The van der Waals surface area contributed by atoms with Gasteiger partial charge in [0, 0.05) is 6.04 Å². The number of nitrogens with one attached hydrogen (secondary N) is 1. The lowest BCUT2D eigenvalue weighted by Crippen LogP contribution is -2.42. The van der Waals surface area contributed by atoms with Gasteiger partial charge in [0.2, 0.25) is 0 Å². The van der Waals surface area contributed by atoms with Crippen molar-refractivity contribution in [2.45, 2.75) is 32.9 Å². The molecule has 1 rings (SSSR count). The average molecular weight is 253 g/mol. The summed E-state index contributed by atoms with van der Waals surface area (Å²) >= 11 is 0. The third-order valence-electron chi connectivity index (χ3n) is 2.90. The van der Waals surface area contributed by atoms with Gasteiger partial charge in [-0.15, -0.1) is 0 Å². The van der Waals surface area contributed by atoms with Crippen LogP contribution in [0.3, 0.4) is 0 Å². The standard InChI is InChI=1S/C14H20FNO2/c1-9(2)13(14(17)18-4)16-10(3)11-6-5-7-12(15)8-11/h5-10,13,16H,1-4H3/t10?,13-/m0/s1. The fourth-order valence-electron chi connectivity index (χ4n) is 1.80. The number of hydrogen-bond acceptors (Lipinski definition) is 3. The molecule has 0 aliphatic carbocycles. The Balaban J connectivity index is 2.78. The minimum atomic E-state index is -0.395. The summed E-state index contributed by atoms with van der Waals surface area (Å²) < 4.78 is 17.9. The van der Waals surface area contributed by atoms with E-state index in [4.69, 9.17) is 4.74 Å². The molecular formula is C14H20FNO2. The van der Waals surface area contributed by atoms with E-state index in [1.165, 1.54) is 19.2 Å². The molecule has 18 heavy (non-hydrogen) atoms. The Morgan fingerprint density at radius 3 is 2.50 bits per heavy atom. The van der Waals surface area contributed by atoms with Crippen molar-refractivity contribution in [2.24, 2.45) is 5.92 Å². The van der Waals surface area contributed by atoms with Crippen LogP contribution in [0, 0.1) is 11.7 Å². The molecule has 0 radical (unpaired) electrons. The molecule has 0 aliphatic rings. The molecule has 2 atom stereocenters. The Hall–Kier alpha value is -1.42. The molecule has 1 N–H and O–H groups in total. The maximum Gasteiger partial charge on any atom is 0.323 e.